The highest BCUT2D eigenvalue weighted by Crippen LogP contribution is 2.21. The number of nitrogens with zero attached hydrogens (tertiary/aromatic N) is 2. The molecule has 0 amide bonds. The molecule has 1 saturated heterocycles. The molecule has 0 saturated carbocycles. The van der Waals surface area contributed by atoms with Crippen LogP contribution in [0.25, 0.3) is 0 Å². The van der Waals surface area contributed by atoms with Crippen molar-refractivity contribution in [3.8, 4) is 5.75 Å². The summed E-state index contributed by atoms with van der Waals surface area (Å²) in [6.45, 7) is 5.07. The molecule has 5 heteroatoms. The van der Waals surface area contributed by atoms with Crippen LogP contribution in [-0.4, -0.2) is 61.2 Å². The van der Waals surface area contributed by atoms with Crippen molar-refractivity contribution in [3.63, 3.8) is 0 Å². The fourth-order valence-electron chi connectivity index (χ4n) is 2.27. The van der Waals surface area contributed by atoms with E-state index < -0.39 is 5.97 Å². The lowest BCUT2D eigenvalue weighted by molar-refractivity contribution is 0.0693. The predicted octanol–water partition coefficient (Wildman–Crippen LogP) is 1.14. The standard InChI is InChI=1S/C14H20N2O3/c1-15-5-7-16(8-6-15)10-11-3-4-12(14(17)18)13(9-11)19-2/h3-4,9H,5-8,10H2,1-2H3,(H,17,18). The molecule has 2 rings (SSSR count). The van der Waals surface area contributed by atoms with Crippen molar-refractivity contribution in [1.29, 1.82) is 0 Å². The lowest BCUT2D eigenvalue weighted by atomic mass is 10.1. The minimum atomic E-state index is -0.956. The van der Waals surface area contributed by atoms with Crippen LogP contribution in [0.1, 0.15) is 15.9 Å². The first-order valence-electron chi connectivity index (χ1n) is 6.41. The summed E-state index contributed by atoms with van der Waals surface area (Å²) < 4.78 is 5.15. The third kappa shape index (κ3) is 3.45. The summed E-state index contributed by atoms with van der Waals surface area (Å²) >= 11 is 0. The molecule has 1 aromatic carbocycles. The van der Waals surface area contributed by atoms with Gasteiger partial charge in [0.05, 0.1) is 7.11 Å². The zero-order chi connectivity index (χ0) is 13.8. The molecule has 1 aliphatic heterocycles. The molecule has 0 atom stereocenters. The van der Waals surface area contributed by atoms with Crippen molar-refractivity contribution in [2.24, 2.45) is 0 Å². The molecule has 1 aliphatic rings. The molecule has 5 nitrogen and oxygen atoms in total. The highest BCUT2D eigenvalue weighted by Gasteiger charge is 2.16. The molecule has 1 heterocycles. The molecule has 0 aromatic heterocycles. The van der Waals surface area contributed by atoms with E-state index in [1.807, 2.05) is 12.1 Å². The number of hydrogen-bond donors (Lipinski definition) is 1. The topological polar surface area (TPSA) is 53.0 Å². The van der Waals surface area contributed by atoms with Crippen LogP contribution in [0.4, 0.5) is 0 Å². The summed E-state index contributed by atoms with van der Waals surface area (Å²) in [6.07, 6.45) is 0. The molecule has 0 radical (unpaired) electrons. The first kappa shape index (κ1) is 13.8. The quantitative estimate of drug-likeness (QED) is 0.884. The zero-order valence-corrected chi connectivity index (χ0v) is 11.4. The van der Waals surface area contributed by atoms with Gasteiger partial charge in [0.1, 0.15) is 11.3 Å². The van der Waals surface area contributed by atoms with Gasteiger partial charge < -0.3 is 14.7 Å². The van der Waals surface area contributed by atoms with Crippen LogP contribution in [0.3, 0.4) is 0 Å². The maximum Gasteiger partial charge on any atom is 0.339 e. The molecule has 104 valence electrons. The van der Waals surface area contributed by atoms with Gasteiger partial charge >= 0.3 is 5.97 Å². The van der Waals surface area contributed by atoms with E-state index in [1.54, 1.807) is 6.07 Å². The van der Waals surface area contributed by atoms with Crippen LogP contribution < -0.4 is 4.74 Å². The largest absolute Gasteiger partial charge is 0.496 e. The van der Waals surface area contributed by atoms with Gasteiger partial charge in [0, 0.05) is 32.7 Å². The first-order valence-corrected chi connectivity index (χ1v) is 6.41. The van der Waals surface area contributed by atoms with Gasteiger partial charge in [-0.05, 0) is 24.7 Å². The van der Waals surface area contributed by atoms with Crippen molar-refractivity contribution in [2.75, 3.05) is 40.3 Å². The molecule has 1 N–H and O–H groups in total. The Hall–Kier alpha value is -1.59. The SMILES string of the molecule is COc1cc(CN2CCN(C)CC2)ccc1C(=O)O. The summed E-state index contributed by atoms with van der Waals surface area (Å²) in [4.78, 5) is 15.7. The molecule has 0 unspecified atom stereocenters. The summed E-state index contributed by atoms with van der Waals surface area (Å²) in [5.41, 5.74) is 1.30. The van der Waals surface area contributed by atoms with Gasteiger partial charge in [0.15, 0.2) is 0 Å². The minimum absolute atomic E-state index is 0.213. The van der Waals surface area contributed by atoms with Gasteiger partial charge in [-0.15, -0.1) is 0 Å². The second-order valence-corrected chi connectivity index (χ2v) is 4.92. The third-order valence-electron chi connectivity index (χ3n) is 3.50. The average Bonchev–Trinajstić information content (AvgIpc) is 2.41. The highest BCUT2D eigenvalue weighted by molar-refractivity contribution is 5.90. The van der Waals surface area contributed by atoms with E-state index in [4.69, 9.17) is 9.84 Å². The van der Waals surface area contributed by atoms with Gasteiger partial charge in [-0.2, -0.15) is 0 Å². The van der Waals surface area contributed by atoms with E-state index in [0.717, 1.165) is 38.3 Å². The molecular weight excluding hydrogens is 244 g/mol. The number of hydrogen-bond acceptors (Lipinski definition) is 4. The van der Waals surface area contributed by atoms with Crippen molar-refractivity contribution >= 4 is 5.97 Å². The Balaban J connectivity index is 2.07. The van der Waals surface area contributed by atoms with E-state index in [-0.39, 0.29) is 5.56 Å². The molecule has 0 aliphatic carbocycles. The lowest BCUT2D eigenvalue weighted by Crippen LogP contribution is -2.43. The van der Waals surface area contributed by atoms with Crippen molar-refractivity contribution < 1.29 is 14.6 Å². The molecule has 1 aromatic rings. The Morgan fingerprint density at radius 3 is 2.58 bits per heavy atom. The molecule has 0 bridgehead atoms. The molecule has 1 fully saturated rings. The van der Waals surface area contributed by atoms with Crippen molar-refractivity contribution in [1.82, 2.24) is 9.80 Å². The average molecular weight is 264 g/mol. The summed E-state index contributed by atoms with van der Waals surface area (Å²) in [6, 6.07) is 5.30. The first-order chi connectivity index (χ1) is 9.10. The van der Waals surface area contributed by atoms with Crippen LogP contribution in [-0.2, 0) is 6.54 Å². The molecule has 19 heavy (non-hydrogen) atoms. The van der Waals surface area contributed by atoms with E-state index in [9.17, 15) is 4.79 Å². The maximum atomic E-state index is 11.0. The van der Waals surface area contributed by atoms with Crippen LogP contribution in [0.15, 0.2) is 18.2 Å². The van der Waals surface area contributed by atoms with Crippen molar-refractivity contribution in [2.45, 2.75) is 6.54 Å². The lowest BCUT2D eigenvalue weighted by Gasteiger charge is -2.32. The Kier molecular flexibility index (Phi) is 4.39. The molecule has 0 spiro atoms. The number of rotatable bonds is 4. The van der Waals surface area contributed by atoms with E-state index in [0.29, 0.717) is 5.75 Å². The zero-order valence-electron chi connectivity index (χ0n) is 11.4. The van der Waals surface area contributed by atoms with E-state index in [1.165, 1.54) is 7.11 Å². The van der Waals surface area contributed by atoms with Gasteiger partial charge in [0.25, 0.3) is 0 Å². The number of carboxylic acids is 1. The number of piperazine rings is 1. The Labute approximate surface area is 113 Å². The summed E-state index contributed by atoms with van der Waals surface area (Å²) in [5.74, 6) is -0.526. The number of methoxy groups -OCH3 is 1. The highest BCUT2D eigenvalue weighted by atomic mass is 16.5. The second kappa shape index (κ2) is 6.04. The van der Waals surface area contributed by atoms with E-state index >= 15 is 0 Å². The van der Waals surface area contributed by atoms with Crippen LogP contribution in [0, 0.1) is 0 Å². The monoisotopic (exact) mass is 264 g/mol. The van der Waals surface area contributed by atoms with Crippen molar-refractivity contribution in [3.05, 3.63) is 29.3 Å². The third-order valence-corrected chi connectivity index (χ3v) is 3.50. The number of likely N-dealkylation sites (N-methyl/N-ethyl adjacent to an activating group) is 1. The normalized spacial score (nSPS) is 17.4. The van der Waals surface area contributed by atoms with Crippen LogP contribution in [0.2, 0.25) is 0 Å². The Morgan fingerprint density at radius 1 is 1.32 bits per heavy atom. The number of benzene rings is 1. The Morgan fingerprint density at radius 2 is 2.00 bits per heavy atom. The summed E-state index contributed by atoms with van der Waals surface area (Å²) in [5, 5.41) is 9.04. The van der Waals surface area contributed by atoms with E-state index in [2.05, 4.69) is 16.8 Å². The smallest absolute Gasteiger partial charge is 0.339 e. The van der Waals surface area contributed by atoms with Gasteiger partial charge in [-0.1, -0.05) is 6.07 Å². The summed E-state index contributed by atoms with van der Waals surface area (Å²) in [7, 11) is 3.63. The predicted molar refractivity (Wildman–Crippen MR) is 72.7 cm³/mol. The number of carboxylic acid groups (broad SMARTS) is 1. The van der Waals surface area contributed by atoms with Crippen LogP contribution in [0.5, 0.6) is 5.75 Å². The number of aromatic carboxylic acids is 1. The second-order valence-electron chi connectivity index (χ2n) is 4.92. The van der Waals surface area contributed by atoms with Gasteiger partial charge in [-0.25, -0.2) is 4.79 Å². The minimum Gasteiger partial charge on any atom is -0.496 e. The molecular formula is C14H20N2O3. The fraction of sp³-hybridized carbons (Fsp3) is 0.500. The van der Waals surface area contributed by atoms with Gasteiger partial charge in [0.2, 0.25) is 0 Å². The number of carbonyl (C=O) groups is 1. The van der Waals surface area contributed by atoms with Crippen LogP contribution >= 0.6 is 0 Å². The van der Waals surface area contributed by atoms with Gasteiger partial charge in [-0.3, -0.25) is 4.90 Å². The Bertz CT molecular complexity index is 454. The maximum absolute atomic E-state index is 11.0. The fourth-order valence-corrected chi connectivity index (χ4v) is 2.27. The number of ether oxygens (including phenoxy) is 1.